The van der Waals surface area contributed by atoms with Crippen LogP contribution < -0.4 is 5.32 Å². The summed E-state index contributed by atoms with van der Waals surface area (Å²) in [7, 11) is 4.49. The van der Waals surface area contributed by atoms with E-state index in [1.54, 1.807) is 0 Å². The molecule has 5 heteroatoms. The Morgan fingerprint density at radius 1 is 1.18 bits per heavy atom. The van der Waals surface area contributed by atoms with Crippen LogP contribution in [0.25, 0.3) is 0 Å². The molecule has 0 aromatic rings. The fourth-order valence-corrected chi connectivity index (χ4v) is 2.17. The first kappa shape index (κ1) is 17.1. The van der Waals surface area contributed by atoms with Crippen LogP contribution in [0.15, 0.2) is 0 Å². The van der Waals surface area contributed by atoms with Crippen molar-refractivity contribution in [3.8, 4) is 0 Å². The minimum atomic E-state index is -1.83. The lowest BCUT2D eigenvalue weighted by Crippen LogP contribution is -2.37. The van der Waals surface area contributed by atoms with Gasteiger partial charge in [0.25, 0.3) is 0 Å². The van der Waals surface area contributed by atoms with Crippen molar-refractivity contribution < 1.29 is 13.6 Å². The number of nitrogens with one attached hydrogen (secondary N) is 1. The molecule has 0 bridgehead atoms. The van der Waals surface area contributed by atoms with Gasteiger partial charge >= 0.3 is 0 Å². The summed E-state index contributed by atoms with van der Waals surface area (Å²) in [4.78, 5) is 0. The highest BCUT2D eigenvalue weighted by molar-refractivity contribution is 7.39. The summed E-state index contributed by atoms with van der Waals surface area (Å²) in [5, 5.41) is 3.30. The summed E-state index contributed by atoms with van der Waals surface area (Å²) >= 11 is 0. The van der Waals surface area contributed by atoms with Crippen molar-refractivity contribution in [3.63, 3.8) is 0 Å². The SMILES string of the molecule is CCCCCNCC[PH](=O)OCC[N+](C)(C)C. The third-order valence-corrected chi connectivity index (χ3v) is 3.67. The summed E-state index contributed by atoms with van der Waals surface area (Å²) < 4.78 is 17.7. The van der Waals surface area contributed by atoms with Crippen molar-refractivity contribution in [1.29, 1.82) is 0 Å². The Hall–Kier alpha value is 0.110. The van der Waals surface area contributed by atoms with Crippen LogP contribution in [-0.2, 0) is 9.09 Å². The molecule has 0 heterocycles. The predicted octanol–water partition coefficient (Wildman–Crippen LogP) is 1.96. The molecule has 0 saturated heterocycles. The lowest BCUT2D eigenvalue weighted by Gasteiger charge is -2.23. The van der Waals surface area contributed by atoms with Gasteiger partial charge in [-0.1, -0.05) is 19.8 Å². The van der Waals surface area contributed by atoms with Crippen LogP contribution in [0.1, 0.15) is 26.2 Å². The fourth-order valence-electron chi connectivity index (χ4n) is 1.32. The maximum atomic E-state index is 11.5. The van der Waals surface area contributed by atoms with E-state index in [9.17, 15) is 4.57 Å². The molecule has 0 aliphatic heterocycles. The molecule has 0 aliphatic rings. The van der Waals surface area contributed by atoms with Crippen LogP contribution in [0.3, 0.4) is 0 Å². The molecule has 17 heavy (non-hydrogen) atoms. The van der Waals surface area contributed by atoms with Gasteiger partial charge in [0, 0.05) is 12.7 Å². The number of nitrogens with zero attached hydrogens (tertiary/aromatic N) is 1. The largest absolute Gasteiger partial charge is 0.329 e. The molecular formula is C12H30N2O2P+. The van der Waals surface area contributed by atoms with E-state index in [4.69, 9.17) is 4.52 Å². The van der Waals surface area contributed by atoms with Crippen LogP contribution in [0.5, 0.6) is 0 Å². The summed E-state index contributed by atoms with van der Waals surface area (Å²) in [5.74, 6) is 0. The molecule has 0 fully saturated rings. The first-order valence-electron chi connectivity index (χ1n) is 6.62. The number of hydrogen-bond acceptors (Lipinski definition) is 3. The minimum Gasteiger partial charge on any atom is -0.329 e. The molecule has 0 radical (unpaired) electrons. The molecule has 1 unspecified atom stereocenters. The van der Waals surface area contributed by atoms with Crippen molar-refractivity contribution in [2.75, 3.05) is 53.5 Å². The third-order valence-electron chi connectivity index (χ3n) is 2.49. The lowest BCUT2D eigenvalue weighted by molar-refractivity contribution is -0.870. The average Bonchev–Trinajstić information content (AvgIpc) is 2.21. The normalized spacial score (nSPS) is 13.9. The van der Waals surface area contributed by atoms with Gasteiger partial charge in [-0.25, -0.2) is 0 Å². The Morgan fingerprint density at radius 3 is 2.47 bits per heavy atom. The number of likely N-dealkylation sites (N-methyl/N-ethyl adjacent to an activating group) is 1. The van der Waals surface area contributed by atoms with E-state index in [-0.39, 0.29) is 0 Å². The van der Waals surface area contributed by atoms with Crippen molar-refractivity contribution in [1.82, 2.24) is 5.32 Å². The monoisotopic (exact) mass is 265 g/mol. The fraction of sp³-hybridized carbons (Fsp3) is 1.00. The van der Waals surface area contributed by atoms with E-state index in [1.807, 2.05) is 0 Å². The topological polar surface area (TPSA) is 38.3 Å². The van der Waals surface area contributed by atoms with Gasteiger partial charge in [-0.15, -0.1) is 0 Å². The highest BCUT2D eigenvalue weighted by Gasteiger charge is 2.07. The molecule has 0 rings (SSSR count). The van der Waals surface area contributed by atoms with Gasteiger partial charge in [0.05, 0.1) is 21.1 Å². The number of rotatable bonds is 11. The lowest BCUT2D eigenvalue weighted by atomic mass is 10.2. The zero-order chi connectivity index (χ0) is 13.1. The molecule has 0 amide bonds. The third kappa shape index (κ3) is 14.0. The van der Waals surface area contributed by atoms with E-state index < -0.39 is 8.03 Å². The maximum Gasteiger partial charge on any atom is 0.193 e. The second-order valence-electron chi connectivity index (χ2n) is 5.44. The smallest absolute Gasteiger partial charge is 0.193 e. The van der Waals surface area contributed by atoms with Crippen molar-refractivity contribution in [2.24, 2.45) is 0 Å². The van der Waals surface area contributed by atoms with Crippen LogP contribution >= 0.6 is 8.03 Å². The van der Waals surface area contributed by atoms with E-state index in [0.29, 0.717) is 12.8 Å². The van der Waals surface area contributed by atoms with E-state index >= 15 is 0 Å². The Kier molecular flexibility index (Phi) is 10.1. The summed E-state index contributed by atoms with van der Waals surface area (Å²) in [6.45, 7) is 5.53. The first-order chi connectivity index (χ1) is 7.95. The second-order valence-corrected chi connectivity index (χ2v) is 6.97. The zero-order valence-electron chi connectivity index (χ0n) is 11.9. The van der Waals surface area contributed by atoms with Crippen LogP contribution in [0.2, 0.25) is 0 Å². The average molecular weight is 265 g/mol. The molecule has 0 aliphatic carbocycles. The zero-order valence-corrected chi connectivity index (χ0v) is 12.9. The van der Waals surface area contributed by atoms with Gasteiger partial charge in [-0.3, -0.25) is 4.57 Å². The van der Waals surface area contributed by atoms with E-state index in [1.165, 1.54) is 19.3 Å². The molecule has 0 aromatic carbocycles. The minimum absolute atomic E-state index is 0.594. The highest BCUT2D eigenvalue weighted by atomic mass is 31.1. The summed E-state index contributed by atoms with van der Waals surface area (Å²) in [5.41, 5.74) is 0. The Labute approximate surface area is 107 Å². The van der Waals surface area contributed by atoms with Crippen LogP contribution in [-0.4, -0.2) is 58.0 Å². The maximum absolute atomic E-state index is 11.5. The molecule has 0 saturated carbocycles. The standard InChI is InChI=1S/C12H30N2O2P/c1-5-6-7-8-13-9-12-17(15)16-11-10-14(2,3)4/h13,17H,5-12H2,1-4H3/q+1. The van der Waals surface area contributed by atoms with Crippen molar-refractivity contribution in [2.45, 2.75) is 26.2 Å². The van der Waals surface area contributed by atoms with Gasteiger partial charge in [0.1, 0.15) is 13.2 Å². The summed E-state index contributed by atoms with van der Waals surface area (Å²) in [6, 6.07) is 0. The van der Waals surface area contributed by atoms with Crippen LogP contribution in [0, 0.1) is 0 Å². The van der Waals surface area contributed by atoms with Crippen molar-refractivity contribution in [3.05, 3.63) is 0 Å². The molecule has 4 nitrogen and oxygen atoms in total. The first-order valence-corrected chi connectivity index (χ1v) is 8.15. The number of quaternary nitrogens is 1. The van der Waals surface area contributed by atoms with Crippen LogP contribution in [0.4, 0.5) is 0 Å². The van der Waals surface area contributed by atoms with Gasteiger partial charge in [-0.05, 0) is 13.0 Å². The summed E-state index contributed by atoms with van der Waals surface area (Å²) in [6.07, 6.45) is 4.38. The van der Waals surface area contributed by atoms with Crippen molar-refractivity contribution >= 4 is 8.03 Å². The van der Waals surface area contributed by atoms with Gasteiger partial charge in [0.2, 0.25) is 0 Å². The quantitative estimate of drug-likeness (QED) is 0.352. The van der Waals surface area contributed by atoms with E-state index in [2.05, 4.69) is 33.4 Å². The molecule has 104 valence electrons. The molecular weight excluding hydrogens is 235 g/mol. The predicted molar refractivity (Wildman–Crippen MR) is 75.1 cm³/mol. The molecule has 1 atom stereocenters. The van der Waals surface area contributed by atoms with Gasteiger partial charge in [-0.2, -0.15) is 0 Å². The molecule has 0 aromatic heterocycles. The second kappa shape index (κ2) is 10.1. The Bertz CT molecular complexity index is 205. The molecule has 1 N–H and O–H groups in total. The number of unbranched alkanes of at least 4 members (excludes halogenated alkanes) is 2. The highest BCUT2D eigenvalue weighted by Crippen LogP contribution is 2.20. The van der Waals surface area contributed by atoms with E-state index in [0.717, 1.165) is 24.1 Å². The van der Waals surface area contributed by atoms with Gasteiger partial charge in [0.15, 0.2) is 8.03 Å². The molecule has 0 spiro atoms. The Morgan fingerprint density at radius 2 is 1.88 bits per heavy atom. The number of hydrogen-bond donors (Lipinski definition) is 1. The Balaban J connectivity index is 3.29. The van der Waals surface area contributed by atoms with Gasteiger partial charge < -0.3 is 14.3 Å².